The fraction of sp³-hybridized carbons (Fsp3) is 0.688. The molecule has 1 aromatic heterocycles. The first-order valence-corrected chi connectivity index (χ1v) is 8.22. The van der Waals surface area contributed by atoms with E-state index in [1.165, 1.54) is 44.9 Å². The van der Waals surface area contributed by atoms with E-state index in [1.807, 2.05) is 6.07 Å². The average Bonchev–Trinajstić information content (AvgIpc) is 3.02. The number of anilines is 1. The molecule has 0 unspecified atom stereocenters. The number of nitrogens with zero attached hydrogens (tertiary/aromatic N) is 2. The quantitative estimate of drug-likeness (QED) is 0.894. The van der Waals surface area contributed by atoms with Crippen LogP contribution in [0.3, 0.4) is 0 Å². The second-order valence-electron chi connectivity index (χ2n) is 6.24. The molecule has 1 heterocycles. The summed E-state index contributed by atoms with van der Waals surface area (Å²) in [7, 11) is 0. The molecule has 0 aromatic carbocycles. The van der Waals surface area contributed by atoms with Crippen molar-refractivity contribution in [2.24, 2.45) is 0 Å². The van der Waals surface area contributed by atoms with E-state index in [0.29, 0.717) is 17.8 Å². The van der Waals surface area contributed by atoms with Crippen molar-refractivity contribution in [3.8, 4) is 0 Å². The van der Waals surface area contributed by atoms with Crippen molar-refractivity contribution in [3.05, 3.63) is 17.8 Å². The van der Waals surface area contributed by atoms with E-state index in [9.17, 15) is 4.79 Å². The molecule has 0 atom stereocenters. The second-order valence-corrected chi connectivity index (χ2v) is 6.24. The summed E-state index contributed by atoms with van der Waals surface area (Å²) in [5.74, 6) is 0.679. The van der Waals surface area contributed by atoms with E-state index in [-0.39, 0.29) is 5.91 Å². The SMILES string of the molecule is O=C(NC1CCCCC1)c1ccc(NC2CCCC2)nn1. The van der Waals surface area contributed by atoms with Gasteiger partial charge in [-0.15, -0.1) is 10.2 Å². The number of hydrogen-bond acceptors (Lipinski definition) is 4. The molecule has 2 N–H and O–H groups in total. The highest BCUT2D eigenvalue weighted by Gasteiger charge is 2.18. The Morgan fingerprint density at radius 1 is 0.905 bits per heavy atom. The number of nitrogens with one attached hydrogen (secondary N) is 2. The lowest BCUT2D eigenvalue weighted by atomic mass is 9.95. The summed E-state index contributed by atoms with van der Waals surface area (Å²) in [4.78, 5) is 12.1. The first-order chi connectivity index (χ1) is 10.3. The molecular weight excluding hydrogens is 264 g/mol. The highest BCUT2D eigenvalue weighted by molar-refractivity contribution is 5.92. The second kappa shape index (κ2) is 6.87. The maximum Gasteiger partial charge on any atom is 0.272 e. The number of amides is 1. The van der Waals surface area contributed by atoms with Crippen molar-refractivity contribution in [2.45, 2.75) is 69.9 Å². The number of carbonyl (C=O) groups excluding carboxylic acids is 1. The molecule has 0 saturated heterocycles. The summed E-state index contributed by atoms with van der Waals surface area (Å²) in [6, 6.07) is 4.45. The van der Waals surface area contributed by atoms with Crippen molar-refractivity contribution < 1.29 is 4.79 Å². The molecule has 0 spiro atoms. The fourth-order valence-corrected chi connectivity index (χ4v) is 3.32. The van der Waals surface area contributed by atoms with E-state index >= 15 is 0 Å². The van der Waals surface area contributed by atoms with Crippen LogP contribution in [0, 0.1) is 0 Å². The van der Waals surface area contributed by atoms with Gasteiger partial charge in [-0.3, -0.25) is 4.79 Å². The van der Waals surface area contributed by atoms with Crippen LogP contribution in [0.25, 0.3) is 0 Å². The van der Waals surface area contributed by atoms with Gasteiger partial charge in [-0.25, -0.2) is 0 Å². The zero-order valence-corrected chi connectivity index (χ0v) is 12.5. The first-order valence-electron chi connectivity index (χ1n) is 8.22. The number of aromatic nitrogens is 2. The van der Waals surface area contributed by atoms with Gasteiger partial charge in [0, 0.05) is 12.1 Å². The zero-order valence-electron chi connectivity index (χ0n) is 12.5. The molecule has 5 heteroatoms. The van der Waals surface area contributed by atoms with E-state index in [4.69, 9.17) is 0 Å². The third kappa shape index (κ3) is 3.93. The maximum absolute atomic E-state index is 12.1. The Balaban J connectivity index is 1.53. The van der Waals surface area contributed by atoms with E-state index in [1.54, 1.807) is 6.07 Å². The largest absolute Gasteiger partial charge is 0.366 e. The number of rotatable bonds is 4. The molecule has 2 saturated carbocycles. The van der Waals surface area contributed by atoms with Gasteiger partial charge < -0.3 is 10.6 Å². The van der Waals surface area contributed by atoms with Crippen LogP contribution in [0.2, 0.25) is 0 Å². The van der Waals surface area contributed by atoms with Gasteiger partial charge in [-0.2, -0.15) is 0 Å². The highest BCUT2D eigenvalue weighted by atomic mass is 16.2. The third-order valence-electron chi connectivity index (χ3n) is 4.54. The Morgan fingerprint density at radius 3 is 2.24 bits per heavy atom. The minimum Gasteiger partial charge on any atom is -0.366 e. The van der Waals surface area contributed by atoms with Crippen LogP contribution in [0.1, 0.15) is 68.3 Å². The Morgan fingerprint density at radius 2 is 1.57 bits per heavy atom. The van der Waals surface area contributed by atoms with Gasteiger partial charge >= 0.3 is 0 Å². The van der Waals surface area contributed by atoms with Crippen LogP contribution in [0.5, 0.6) is 0 Å². The normalized spacial score (nSPS) is 20.4. The lowest BCUT2D eigenvalue weighted by Crippen LogP contribution is -2.36. The van der Waals surface area contributed by atoms with Gasteiger partial charge in [-0.1, -0.05) is 32.1 Å². The first kappa shape index (κ1) is 14.3. The predicted molar refractivity (Wildman–Crippen MR) is 82.2 cm³/mol. The minimum absolute atomic E-state index is 0.0955. The van der Waals surface area contributed by atoms with Crippen molar-refractivity contribution >= 4 is 11.7 Å². The lowest BCUT2D eigenvalue weighted by Gasteiger charge is -2.22. The van der Waals surface area contributed by atoms with Gasteiger partial charge in [0.25, 0.3) is 5.91 Å². The zero-order chi connectivity index (χ0) is 14.5. The van der Waals surface area contributed by atoms with Crippen LogP contribution in [-0.4, -0.2) is 28.2 Å². The molecule has 1 aromatic rings. The third-order valence-corrected chi connectivity index (χ3v) is 4.54. The van der Waals surface area contributed by atoms with Crippen molar-refractivity contribution in [1.29, 1.82) is 0 Å². The monoisotopic (exact) mass is 288 g/mol. The smallest absolute Gasteiger partial charge is 0.272 e. The summed E-state index contributed by atoms with van der Waals surface area (Å²) in [6.45, 7) is 0. The molecule has 2 aliphatic rings. The molecule has 3 rings (SSSR count). The summed E-state index contributed by atoms with van der Waals surface area (Å²) in [5.41, 5.74) is 0.414. The number of carbonyl (C=O) groups is 1. The molecule has 0 bridgehead atoms. The molecule has 0 aliphatic heterocycles. The molecule has 2 fully saturated rings. The summed E-state index contributed by atoms with van der Waals surface area (Å²) in [5, 5.41) is 14.6. The topological polar surface area (TPSA) is 66.9 Å². The molecule has 114 valence electrons. The van der Waals surface area contributed by atoms with Crippen molar-refractivity contribution in [1.82, 2.24) is 15.5 Å². The van der Waals surface area contributed by atoms with E-state index in [0.717, 1.165) is 18.7 Å². The molecule has 2 aliphatic carbocycles. The van der Waals surface area contributed by atoms with E-state index < -0.39 is 0 Å². The minimum atomic E-state index is -0.0955. The average molecular weight is 288 g/mol. The van der Waals surface area contributed by atoms with Gasteiger partial charge in [-0.05, 0) is 37.8 Å². The summed E-state index contributed by atoms with van der Waals surface area (Å²) in [6.07, 6.45) is 10.8. The van der Waals surface area contributed by atoms with Gasteiger partial charge in [0.2, 0.25) is 0 Å². The standard InChI is InChI=1S/C16H24N4O/c21-16(18-13-6-2-1-3-7-13)14-10-11-15(20-19-14)17-12-8-4-5-9-12/h10-13H,1-9H2,(H,17,20)(H,18,21). The summed E-state index contributed by atoms with van der Waals surface area (Å²) >= 11 is 0. The van der Waals surface area contributed by atoms with Crippen molar-refractivity contribution in [3.63, 3.8) is 0 Å². The Labute approximate surface area is 125 Å². The van der Waals surface area contributed by atoms with Gasteiger partial charge in [0.05, 0.1) is 0 Å². The highest BCUT2D eigenvalue weighted by Crippen LogP contribution is 2.21. The van der Waals surface area contributed by atoms with Crippen LogP contribution in [0.4, 0.5) is 5.82 Å². The lowest BCUT2D eigenvalue weighted by molar-refractivity contribution is 0.0921. The molecule has 21 heavy (non-hydrogen) atoms. The number of hydrogen-bond donors (Lipinski definition) is 2. The van der Waals surface area contributed by atoms with Crippen LogP contribution < -0.4 is 10.6 Å². The molecule has 0 radical (unpaired) electrons. The predicted octanol–water partition coefficient (Wildman–Crippen LogP) is 2.89. The molecular formula is C16H24N4O. The molecule has 5 nitrogen and oxygen atoms in total. The van der Waals surface area contributed by atoms with Crippen LogP contribution >= 0.6 is 0 Å². The fourth-order valence-electron chi connectivity index (χ4n) is 3.32. The Hall–Kier alpha value is -1.65. The Bertz CT molecular complexity index is 462. The van der Waals surface area contributed by atoms with Crippen LogP contribution in [0.15, 0.2) is 12.1 Å². The maximum atomic E-state index is 12.1. The van der Waals surface area contributed by atoms with Crippen LogP contribution in [-0.2, 0) is 0 Å². The summed E-state index contributed by atoms with van der Waals surface area (Å²) < 4.78 is 0. The van der Waals surface area contributed by atoms with Gasteiger partial charge in [0.15, 0.2) is 5.69 Å². The Kier molecular flexibility index (Phi) is 4.68. The van der Waals surface area contributed by atoms with Crippen molar-refractivity contribution in [2.75, 3.05) is 5.32 Å². The van der Waals surface area contributed by atoms with E-state index in [2.05, 4.69) is 20.8 Å². The van der Waals surface area contributed by atoms with Gasteiger partial charge in [0.1, 0.15) is 5.82 Å². The molecule has 1 amide bonds.